The average Bonchev–Trinajstić information content (AvgIpc) is 2.91. The molecule has 0 aliphatic rings. The Morgan fingerprint density at radius 3 is 2.89 bits per heavy atom. The second-order valence-electron chi connectivity index (χ2n) is 5.18. The molecule has 0 aliphatic heterocycles. The number of anilines is 1. The van der Waals surface area contributed by atoms with Gasteiger partial charge in [-0.3, -0.25) is 0 Å². The van der Waals surface area contributed by atoms with E-state index >= 15 is 0 Å². The van der Waals surface area contributed by atoms with Gasteiger partial charge in [0.05, 0.1) is 0 Å². The molecule has 0 saturated carbocycles. The topological polar surface area (TPSA) is 29.9 Å². The molecule has 2 aromatic heterocycles. The lowest BCUT2D eigenvalue weighted by Gasteiger charge is -2.16. The molecule has 4 heteroatoms. The Labute approximate surface area is 113 Å². The number of thiophene rings is 1. The van der Waals surface area contributed by atoms with Gasteiger partial charge in [-0.15, -0.1) is 0 Å². The van der Waals surface area contributed by atoms with E-state index in [0.717, 1.165) is 18.9 Å². The third-order valence-corrected chi connectivity index (χ3v) is 3.51. The summed E-state index contributed by atoms with van der Waals surface area (Å²) in [7, 11) is 0. The fourth-order valence-electron chi connectivity index (χ4n) is 2.02. The highest BCUT2D eigenvalue weighted by Gasteiger charge is 2.09. The maximum atomic E-state index is 4.39. The lowest BCUT2D eigenvalue weighted by molar-refractivity contribution is 0.524. The van der Waals surface area contributed by atoms with E-state index in [9.17, 15) is 0 Å². The molecule has 1 atom stereocenters. The van der Waals surface area contributed by atoms with E-state index in [0.29, 0.717) is 12.0 Å². The minimum absolute atomic E-state index is 0.396. The molecular weight excluding hydrogens is 242 g/mol. The molecule has 98 valence electrons. The minimum Gasteiger partial charge on any atom is -0.353 e. The summed E-state index contributed by atoms with van der Waals surface area (Å²) in [5, 5.41) is 7.82. The van der Waals surface area contributed by atoms with Gasteiger partial charge in [0.1, 0.15) is 0 Å². The SMILES string of the molecule is CC(C)Cn1ccnc1NC(C)Cc1ccsc1. The normalized spacial score (nSPS) is 12.9. The van der Waals surface area contributed by atoms with Gasteiger partial charge in [0, 0.05) is 25.0 Å². The quantitative estimate of drug-likeness (QED) is 0.862. The number of nitrogens with one attached hydrogen (secondary N) is 1. The number of aromatic nitrogens is 2. The molecule has 2 rings (SSSR count). The third-order valence-electron chi connectivity index (χ3n) is 2.77. The van der Waals surface area contributed by atoms with Gasteiger partial charge in [-0.05, 0) is 41.7 Å². The number of imidazole rings is 1. The van der Waals surface area contributed by atoms with Gasteiger partial charge in [0.15, 0.2) is 0 Å². The van der Waals surface area contributed by atoms with E-state index in [1.165, 1.54) is 5.56 Å². The van der Waals surface area contributed by atoms with Gasteiger partial charge in [0.25, 0.3) is 0 Å². The highest BCUT2D eigenvalue weighted by molar-refractivity contribution is 7.07. The molecule has 2 heterocycles. The van der Waals surface area contributed by atoms with Crippen LogP contribution < -0.4 is 5.32 Å². The summed E-state index contributed by atoms with van der Waals surface area (Å²) >= 11 is 1.75. The van der Waals surface area contributed by atoms with E-state index in [1.807, 2.05) is 12.4 Å². The predicted octanol–water partition coefficient (Wildman–Crippen LogP) is 3.64. The molecule has 0 fully saturated rings. The van der Waals surface area contributed by atoms with Crippen LogP contribution in [0.1, 0.15) is 26.3 Å². The summed E-state index contributed by atoms with van der Waals surface area (Å²) in [6.45, 7) is 7.65. The fourth-order valence-corrected chi connectivity index (χ4v) is 2.71. The lowest BCUT2D eigenvalue weighted by Crippen LogP contribution is -2.21. The highest BCUT2D eigenvalue weighted by atomic mass is 32.1. The molecule has 0 saturated heterocycles. The largest absolute Gasteiger partial charge is 0.353 e. The van der Waals surface area contributed by atoms with Gasteiger partial charge in [0.2, 0.25) is 5.95 Å². The molecular formula is C14H21N3S. The van der Waals surface area contributed by atoms with Crippen molar-refractivity contribution in [1.29, 1.82) is 0 Å². The van der Waals surface area contributed by atoms with Crippen LogP contribution in [0.2, 0.25) is 0 Å². The lowest BCUT2D eigenvalue weighted by atomic mass is 10.1. The fraction of sp³-hybridized carbons (Fsp3) is 0.500. The van der Waals surface area contributed by atoms with Crippen LogP contribution in [0.15, 0.2) is 29.2 Å². The van der Waals surface area contributed by atoms with Crippen molar-refractivity contribution in [2.45, 2.75) is 39.8 Å². The van der Waals surface area contributed by atoms with Crippen molar-refractivity contribution in [1.82, 2.24) is 9.55 Å². The first kappa shape index (κ1) is 13.1. The predicted molar refractivity (Wildman–Crippen MR) is 78.2 cm³/mol. The van der Waals surface area contributed by atoms with Crippen molar-refractivity contribution < 1.29 is 0 Å². The first-order valence-electron chi connectivity index (χ1n) is 6.44. The van der Waals surface area contributed by atoms with Gasteiger partial charge >= 0.3 is 0 Å². The van der Waals surface area contributed by atoms with Crippen LogP contribution in [0, 0.1) is 5.92 Å². The van der Waals surface area contributed by atoms with Crippen LogP contribution >= 0.6 is 11.3 Å². The molecule has 0 bridgehead atoms. The summed E-state index contributed by atoms with van der Waals surface area (Å²) in [5.74, 6) is 1.61. The van der Waals surface area contributed by atoms with Crippen LogP contribution in [0.4, 0.5) is 5.95 Å². The molecule has 1 N–H and O–H groups in total. The molecule has 1 unspecified atom stereocenters. The zero-order valence-corrected chi connectivity index (χ0v) is 12.1. The molecule has 0 aliphatic carbocycles. The van der Waals surface area contributed by atoms with E-state index < -0.39 is 0 Å². The van der Waals surface area contributed by atoms with Crippen LogP contribution in [-0.4, -0.2) is 15.6 Å². The first-order chi connectivity index (χ1) is 8.65. The number of nitrogens with zero attached hydrogens (tertiary/aromatic N) is 2. The Kier molecular flexibility index (Phi) is 4.42. The van der Waals surface area contributed by atoms with Gasteiger partial charge < -0.3 is 9.88 Å². The van der Waals surface area contributed by atoms with Crippen LogP contribution in [0.3, 0.4) is 0 Å². The summed E-state index contributed by atoms with van der Waals surface area (Å²) in [5.41, 5.74) is 1.39. The van der Waals surface area contributed by atoms with Crippen molar-refractivity contribution in [3.8, 4) is 0 Å². The summed E-state index contributed by atoms with van der Waals surface area (Å²) in [6.07, 6.45) is 4.94. The summed E-state index contributed by atoms with van der Waals surface area (Å²) in [4.78, 5) is 4.39. The zero-order chi connectivity index (χ0) is 13.0. The Bertz CT molecular complexity index is 459. The van der Waals surface area contributed by atoms with Crippen molar-refractivity contribution in [3.63, 3.8) is 0 Å². The first-order valence-corrected chi connectivity index (χ1v) is 7.38. The molecule has 2 aromatic rings. The second kappa shape index (κ2) is 6.05. The number of hydrogen-bond acceptors (Lipinski definition) is 3. The molecule has 0 aromatic carbocycles. The molecule has 3 nitrogen and oxygen atoms in total. The van der Waals surface area contributed by atoms with Crippen molar-refractivity contribution in [2.75, 3.05) is 5.32 Å². The van der Waals surface area contributed by atoms with E-state index in [4.69, 9.17) is 0 Å². The summed E-state index contributed by atoms with van der Waals surface area (Å²) in [6, 6.07) is 2.58. The Hall–Kier alpha value is -1.29. The zero-order valence-electron chi connectivity index (χ0n) is 11.3. The summed E-state index contributed by atoms with van der Waals surface area (Å²) < 4.78 is 2.19. The van der Waals surface area contributed by atoms with E-state index in [-0.39, 0.29) is 0 Å². The number of hydrogen-bond donors (Lipinski definition) is 1. The number of rotatable bonds is 6. The van der Waals surface area contributed by atoms with Crippen molar-refractivity contribution in [3.05, 3.63) is 34.8 Å². The minimum atomic E-state index is 0.396. The van der Waals surface area contributed by atoms with Crippen LogP contribution in [0.5, 0.6) is 0 Å². The van der Waals surface area contributed by atoms with Gasteiger partial charge in [-0.2, -0.15) is 11.3 Å². The van der Waals surface area contributed by atoms with Gasteiger partial charge in [-0.25, -0.2) is 4.98 Å². The molecule has 18 heavy (non-hydrogen) atoms. The monoisotopic (exact) mass is 263 g/mol. The Morgan fingerprint density at radius 1 is 1.39 bits per heavy atom. The Balaban J connectivity index is 1.94. The average molecular weight is 263 g/mol. The van der Waals surface area contributed by atoms with E-state index in [2.05, 4.69) is 52.5 Å². The Morgan fingerprint density at radius 2 is 2.22 bits per heavy atom. The molecule has 0 amide bonds. The van der Waals surface area contributed by atoms with Crippen molar-refractivity contribution in [2.24, 2.45) is 5.92 Å². The molecule has 0 radical (unpaired) electrons. The second-order valence-corrected chi connectivity index (χ2v) is 5.96. The van der Waals surface area contributed by atoms with E-state index in [1.54, 1.807) is 11.3 Å². The molecule has 0 spiro atoms. The van der Waals surface area contributed by atoms with Gasteiger partial charge in [-0.1, -0.05) is 13.8 Å². The van der Waals surface area contributed by atoms with Crippen molar-refractivity contribution >= 4 is 17.3 Å². The maximum absolute atomic E-state index is 4.39. The maximum Gasteiger partial charge on any atom is 0.202 e. The smallest absolute Gasteiger partial charge is 0.202 e. The van der Waals surface area contributed by atoms with Crippen LogP contribution in [-0.2, 0) is 13.0 Å². The highest BCUT2D eigenvalue weighted by Crippen LogP contribution is 2.13. The third kappa shape index (κ3) is 3.60. The van der Waals surface area contributed by atoms with Crippen LogP contribution in [0.25, 0.3) is 0 Å². The standard InChI is InChI=1S/C14H21N3S/c1-11(2)9-17-6-5-15-14(17)16-12(3)8-13-4-7-18-10-13/h4-7,10-12H,8-9H2,1-3H3,(H,15,16).